The van der Waals surface area contributed by atoms with Crippen LogP contribution in [-0.2, 0) is 19.9 Å². The molecule has 1 aromatic carbocycles. The van der Waals surface area contributed by atoms with Gasteiger partial charge in [-0.05, 0) is 19.1 Å². The standard InChI is InChI=1S/C12H16N2O4S2/c1-10-2-4-12(5-3-10)20(17,18)14-13-11-6-8-19(15,16)9-7-11/h2-5,14H,6-9H2,1H3. The van der Waals surface area contributed by atoms with Gasteiger partial charge in [0.2, 0.25) is 0 Å². The number of sulfone groups is 1. The second-order valence-corrected chi connectivity index (χ2v) is 8.70. The molecule has 1 heterocycles. The molecular weight excluding hydrogens is 300 g/mol. The highest BCUT2D eigenvalue weighted by Gasteiger charge is 2.21. The predicted octanol–water partition coefficient (Wildman–Crippen LogP) is 0.838. The van der Waals surface area contributed by atoms with Crippen LogP contribution in [0.4, 0.5) is 0 Å². The first-order chi connectivity index (χ1) is 9.28. The van der Waals surface area contributed by atoms with Gasteiger partial charge in [0.15, 0.2) is 9.84 Å². The minimum absolute atomic E-state index is 0.0259. The van der Waals surface area contributed by atoms with E-state index in [-0.39, 0.29) is 29.2 Å². The Balaban J connectivity index is 2.08. The van der Waals surface area contributed by atoms with Crippen molar-refractivity contribution in [1.29, 1.82) is 0 Å². The molecule has 0 saturated carbocycles. The van der Waals surface area contributed by atoms with E-state index in [9.17, 15) is 16.8 Å². The smallest absolute Gasteiger partial charge is 0.229 e. The molecule has 0 atom stereocenters. The van der Waals surface area contributed by atoms with Gasteiger partial charge in [-0.2, -0.15) is 13.5 Å². The summed E-state index contributed by atoms with van der Waals surface area (Å²) in [4.78, 5) is 2.29. The average molecular weight is 316 g/mol. The minimum atomic E-state index is -3.69. The van der Waals surface area contributed by atoms with Gasteiger partial charge in [-0.25, -0.2) is 13.2 Å². The summed E-state index contributed by atoms with van der Waals surface area (Å²) in [6, 6.07) is 6.41. The third kappa shape index (κ3) is 3.80. The molecule has 1 fully saturated rings. The van der Waals surface area contributed by atoms with E-state index in [0.717, 1.165) is 5.56 Å². The molecule has 110 valence electrons. The van der Waals surface area contributed by atoms with Crippen LogP contribution in [0.3, 0.4) is 0 Å². The van der Waals surface area contributed by atoms with E-state index >= 15 is 0 Å². The normalized spacial score (nSPS) is 18.6. The van der Waals surface area contributed by atoms with Gasteiger partial charge < -0.3 is 0 Å². The van der Waals surface area contributed by atoms with Gasteiger partial charge in [0.25, 0.3) is 10.0 Å². The van der Waals surface area contributed by atoms with Gasteiger partial charge in [-0.3, -0.25) is 0 Å². The van der Waals surface area contributed by atoms with E-state index in [1.807, 2.05) is 6.92 Å². The Morgan fingerprint density at radius 3 is 2.20 bits per heavy atom. The van der Waals surface area contributed by atoms with Crippen molar-refractivity contribution in [3.63, 3.8) is 0 Å². The SMILES string of the molecule is Cc1ccc(S(=O)(=O)NN=C2CCS(=O)(=O)CC2)cc1. The maximum absolute atomic E-state index is 12.0. The number of benzene rings is 1. The van der Waals surface area contributed by atoms with E-state index in [1.54, 1.807) is 12.1 Å². The van der Waals surface area contributed by atoms with Crippen molar-refractivity contribution in [3.05, 3.63) is 29.8 Å². The molecule has 2 rings (SSSR count). The Bertz CT molecular complexity index is 703. The second-order valence-electron chi connectivity index (χ2n) is 4.74. The average Bonchev–Trinajstić information content (AvgIpc) is 2.38. The van der Waals surface area contributed by atoms with Gasteiger partial charge in [0, 0.05) is 18.6 Å². The Morgan fingerprint density at radius 2 is 1.65 bits per heavy atom. The molecule has 0 spiro atoms. The first kappa shape index (κ1) is 15.0. The number of hydrazone groups is 1. The van der Waals surface area contributed by atoms with E-state index in [1.165, 1.54) is 12.1 Å². The van der Waals surface area contributed by atoms with Crippen molar-refractivity contribution in [1.82, 2.24) is 4.83 Å². The molecule has 0 bridgehead atoms. The van der Waals surface area contributed by atoms with Gasteiger partial charge in [-0.1, -0.05) is 17.7 Å². The van der Waals surface area contributed by atoms with Gasteiger partial charge in [-0.15, -0.1) is 0 Å². The first-order valence-electron chi connectivity index (χ1n) is 6.13. The zero-order valence-electron chi connectivity index (χ0n) is 11.0. The van der Waals surface area contributed by atoms with Crippen molar-refractivity contribution in [3.8, 4) is 0 Å². The van der Waals surface area contributed by atoms with Crippen LogP contribution < -0.4 is 4.83 Å². The maximum Gasteiger partial charge on any atom is 0.276 e. The van der Waals surface area contributed by atoms with Crippen LogP contribution in [-0.4, -0.2) is 34.1 Å². The number of nitrogens with zero attached hydrogens (tertiary/aromatic N) is 1. The molecule has 0 radical (unpaired) electrons. The number of aryl methyl sites for hydroxylation is 1. The minimum Gasteiger partial charge on any atom is -0.229 e. The molecule has 0 aromatic heterocycles. The summed E-state index contributed by atoms with van der Waals surface area (Å²) < 4.78 is 46.5. The van der Waals surface area contributed by atoms with Gasteiger partial charge in [0.1, 0.15) is 0 Å². The molecule has 0 aliphatic carbocycles. The molecule has 0 amide bonds. The van der Waals surface area contributed by atoms with Crippen LogP contribution in [0.1, 0.15) is 18.4 Å². The van der Waals surface area contributed by atoms with Crippen molar-refractivity contribution < 1.29 is 16.8 Å². The molecule has 1 aliphatic heterocycles. The number of nitrogens with one attached hydrogen (secondary N) is 1. The van der Waals surface area contributed by atoms with Gasteiger partial charge >= 0.3 is 0 Å². The lowest BCUT2D eigenvalue weighted by Crippen LogP contribution is -2.26. The van der Waals surface area contributed by atoms with Gasteiger partial charge in [0.05, 0.1) is 16.4 Å². The molecule has 1 saturated heterocycles. The Kier molecular flexibility index (Phi) is 4.14. The van der Waals surface area contributed by atoms with Crippen LogP contribution in [0.25, 0.3) is 0 Å². The predicted molar refractivity (Wildman–Crippen MR) is 76.8 cm³/mol. The zero-order chi connectivity index (χ0) is 14.8. The van der Waals surface area contributed by atoms with E-state index < -0.39 is 19.9 Å². The summed E-state index contributed by atoms with van der Waals surface area (Å²) in [6.07, 6.45) is 0.553. The monoisotopic (exact) mass is 316 g/mol. The molecular formula is C12H16N2O4S2. The highest BCUT2D eigenvalue weighted by Crippen LogP contribution is 2.12. The third-order valence-corrected chi connectivity index (χ3v) is 5.94. The van der Waals surface area contributed by atoms with E-state index in [4.69, 9.17) is 0 Å². The molecule has 20 heavy (non-hydrogen) atoms. The zero-order valence-corrected chi connectivity index (χ0v) is 12.7. The third-order valence-electron chi connectivity index (χ3n) is 3.06. The number of sulfonamides is 1. The Labute approximate surface area is 118 Å². The lowest BCUT2D eigenvalue weighted by Gasteiger charge is -2.13. The summed E-state index contributed by atoms with van der Waals surface area (Å²) in [5.41, 5.74) is 1.53. The fraction of sp³-hybridized carbons (Fsp3) is 0.417. The molecule has 1 aliphatic rings. The molecule has 1 N–H and O–H groups in total. The highest BCUT2D eigenvalue weighted by atomic mass is 32.2. The second kappa shape index (κ2) is 5.53. The summed E-state index contributed by atoms with van der Waals surface area (Å²) >= 11 is 0. The fourth-order valence-electron chi connectivity index (χ4n) is 1.78. The van der Waals surface area contributed by atoms with E-state index in [0.29, 0.717) is 5.71 Å². The first-order valence-corrected chi connectivity index (χ1v) is 9.43. The van der Waals surface area contributed by atoms with Crippen molar-refractivity contribution in [2.24, 2.45) is 5.10 Å². The molecule has 1 aromatic rings. The number of hydrogen-bond donors (Lipinski definition) is 1. The maximum atomic E-state index is 12.0. The van der Waals surface area contributed by atoms with Crippen LogP contribution in [0.5, 0.6) is 0 Å². The highest BCUT2D eigenvalue weighted by molar-refractivity contribution is 7.91. The van der Waals surface area contributed by atoms with Crippen LogP contribution in [0, 0.1) is 6.92 Å². The van der Waals surface area contributed by atoms with E-state index in [2.05, 4.69) is 9.93 Å². The lowest BCUT2D eigenvalue weighted by molar-refractivity contribution is 0.584. The largest absolute Gasteiger partial charge is 0.276 e. The Morgan fingerprint density at radius 1 is 1.10 bits per heavy atom. The van der Waals surface area contributed by atoms with Crippen molar-refractivity contribution >= 4 is 25.6 Å². The molecule has 6 nitrogen and oxygen atoms in total. The van der Waals surface area contributed by atoms with Crippen molar-refractivity contribution in [2.45, 2.75) is 24.7 Å². The van der Waals surface area contributed by atoms with Crippen LogP contribution in [0.15, 0.2) is 34.3 Å². The molecule has 0 unspecified atom stereocenters. The number of hydrogen-bond acceptors (Lipinski definition) is 5. The van der Waals surface area contributed by atoms with Crippen LogP contribution >= 0.6 is 0 Å². The summed E-state index contributed by atoms with van der Waals surface area (Å²) in [5.74, 6) is 0.0518. The topological polar surface area (TPSA) is 92.7 Å². The quantitative estimate of drug-likeness (QED) is 0.836. The van der Waals surface area contributed by atoms with Crippen molar-refractivity contribution in [2.75, 3.05) is 11.5 Å². The summed E-state index contributed by atoms with van der Waals surface area (Å²) in [5, 5.41) is 3.83. The summed E-state index contributed by atoms with van der Waals surface area (Å²) in [6.45, 7) is 1.87. The Hall–Kier alpha value is -1.41. The number of rotatable bonds is 3. The molecule has 8 heteroatoms. The summed E-state index contributed by atoms with van der Waals surface area (Å²) in [7, 11) is -6.68. The lowest BCUT2D eigenvalue weighted by atomic mass is 10.2. The van der Waals surface area contributed by atoms with Crippen LogP contribution in [0.2, 0.25) is 0 Å². The fourth-order valence-corrected chi connectivity index (χ4v) is 3.93.